The molecule has 0 N–H and O–H groups in total. The second-order valence-corrected chi connectivity index (χ2v) is 2.82. The number of carbonyl (C=O) groups excluding carboxylic acids is 1. The van der Waals surface area contributed by atoms with E-state index in [-0.39, 0.29) is 12.1 Å². The summed E-state index contributed by atoms with van der Waals surface area (Å²) in [6, 6.07) is 0. The Morgan fingerprint density at radius 2 is 1.92 bits per heavy atom. The van der Waals surface area contributed by atoms with Crippen molar-refractivity contribution in [1.29, 1.82) is 0 Å². The molecule has 0 amide bonds. The highest BCUT2D eigenvalue weighted by Crippen LogP contribution is 2.11. The van der Waals surface area contributed by atoms with Crippen LogP contribution in [0.3, 0.4) is 0 Å². The number of hydrogen-bond donors (Lipinski definition) is 0. The molecule has 1 heterocycles. The normalized spacial score (nSPS) is 20.5. The first-order valence-corrected chi connectivity index (χ1v) is 4.38. The number of ether oxygens (including phenoxy) is 3. The Bertz CT molecular complexity index is 132. The van der Waals surface area contributed by atoms with Crippen molar-refractivity contribution in [2.24, 2.45) is 0 Å². The van der Waals surface area contributed by atoms with Crippen LogP contribution in [0.5, 0.6) is 0 Å². The second kappa shape index (κ2) is 8.01. The minimum Gasteiger partial charge on any atom is -0.463 e. The van der Waals surface area contributed by atoms with Gasteiger partial charge in [0.05, 0.1) is 19.3 Å². The van der Waals surface area contributed by atoms with Crippen molar-refractivity contribution in [3.8, 4) is 0 Å². The average molecular weight is 190 g/mol. The van der Waals surface area contributed by atoms with E-state index in [1.807, 2.05) is 6.92 Å². The number of esters is 1. The predicted octanol–water partition coefficient (Wildman–Crippen LogP) is 0.991. The predicted molar refractivity (Wildman–Crippen MR) is 48.5 cm³/mol. The van der Waals surface area contributed by atoms with Crippen LogP contribution in [0.25, 0.3) is 0 Å². The van der Waals surface area contributed by atoms with E-state index in [1.54, 1.807) is 14.2 Å². The van der Waals surface area contributed by atoms with E-state index < -0.39 is 0 Å². The molecule has 0 radical (unpaired) electrons. The smallest absolute Gasteiger partial charge is 0.306 e. The summed E-state index contributed by atoms with van der Waals surface area (Å²) in [5.41, 5.74) is 0. The summed E-state index contributed by atoms with van der Waals surface area (Å²) in [5.74, 6) is -0.0486. The molecule has 4 nitrogen and oxygen atoms in total. The van der Waals surface area contributed by atoms with E-state index in [0.717, 1.165) is 6.42 Å². The second-order valence-electron chi connectivity index (χ2n) is 2.82. The molecule has 1 aliphatic rings. The summed E-state index contributed by atoms with van der Waals surface area (Å²) in [6.07, 6.45) is 1.69. The molecular weight excluding hydrogens is 172 g/mol. The van der Waals surface area contributed by atoms with Crippen LogP contribution in [-0.2, 0) is 19.0 Å². The van der Waals surface area contributed by atoms with E-state index in [2.05, 4.69) is 9.47 Å². The summed E-state index contributed by atoms with van der Waals surface area (Å²) in [7, 11) is 3.30. The van der Waals surface area contributed by atoms with Crippen LogP contribution in [0.15, 0.2) is 0 Å². The molecule has 0 aromatic rings. The fourth-order valence-corrected chi connectivity index (χ4v) is 0.830. The van der Waals surface area contributed by atoms with Crippen molar-refractivity contribution in [2.75, 3.05) is 27.4 Å². The van der Waals surface area contributed by atoms with Crippen LogP contribution in [0.4, 0.5) is 0 Å². The molecule has 1 unspecified atom stereocenters. The van der Waals surface area contributed by atoms with Gasteiger partial charge < -0.3 is 14.2 Å². The Balaban J connectivity index is 0.000000226. The maximum absolute atomic E-state index is 10.2. The molecule has 0 aromatic heterocycles. The van der Waals surface area contributed by atoms with Crippen molar-refractivity contribution in [1.82, 2.24) is 0 Å². The Labute approximate surface area is 79.2 Å². The fourth-order valence-electron chi connectivity index (χ4n) is 0.830. The van der Waals surface area contributed by atoms with Crippen LogP contribution in [0.2, 0.25) is 0 Å². The lowest BCUT2D eigenvalue weighted by atomic mass is 10.3. The van der Waals surface area contributed by atoms with Gasteiger partial charge in [0.25, 0.3) is 0 Å². The zero-order valence-electron chi connectivity index (χ0n) is 8.54. The van der Waals surface area contributed by atoms with Crippen LogP contribution in [0, 0.1) is 0 Å². The first-order valence-electron chi connectivity index (χ1n) is 4.38. The zero-order valence-corrected chi connectivity index (χ0v) is 8.54. The molecule has 1 fully saturated rings. The Kier molecular flexibility index (Phi) is 7.63. The number of carbonyl (C=O) groups is 1. The van der Waals surface area contributed by atoms with Gasteiger partial charge in [-0.3, -0.25) is 4.79 Å². The van der Waals surface area contributed by atoms with E-state index in [4.69, 9.17) is 4.74 Å². The fraction of sp³-hybridized carbons (Fsp3) is 0.889. The molecule has 1 atom stereocenters. The number of cyclic esters (lactones) is 1. The molecule has 78 valence electrons. The van der Waals surface area contributed by atoms with E-state index in [0.29, 0.717) is 19.6 Å². The highest BCUT2D eigenvalue weighted by molar-refractivity contribution is 5.71. The maximum Gasteiger partial charge on any atom is 0.306 e. The molecule has 0 aliphatic carbocycles. The number of rotatable bonds is 3. The minimum absolute atomic E-state index is 0.0486. The van der Waals surface area contributed by atoms with Crippen molar-refractivity contribution in [3.05, 3.63) is 0 Å². The van der Waals surface area contributed by atoms with E-state index in [1.165, 1.54) is 0 Å². The molecule has 1 saturated heterocycles. The maximum atomic E-state index is 10.2. The number of methoxy groups -OCH3 is 2. The highest BCUT2D eigenvalue weighted by atomic mass is 16.5. The van der Waals surface area contributed by atoms with Gasteiger partial charge in [0.1, 0.15) is 0 Å². The number of hydrogen-bond acceptors (Lipinski definition) is 4. The Morgan fingerprint density at radius 1 is 1.38 bits per heavy atom. The molecule has 0 spiro atoms. The zero-order chi connectivity index (χ0) is 10.1. The van der Waals surface area contributed by atoms with Gasteiger partial charge in [-0.05, 0) is 13.3 Å². The lowest BCUT2D eigenvalue weighted by Crippen LogP contribution is -1.98. The van der Waals surface area contributed by atoms with Gasteiger partial charge in [-0.25, -0.2) is 0 Å². The van der Waals surface area contributed by atoms with E-state index >= 15 is 0 Å². The SMILES string of the molecule is CC1CCC(=O)O1.COCCOC. The minimum atomic E-state index is -0.0486. The van der Waals surface area contributed by atoms with Crippen molar-refractivity contribution >= 4 is 5.97 Å². The molecule has 4 heteroatoms. The van der Waals surface area contributed by atoms with Crippen LogP contribution >= 0.6 is 0 Å². The molecule has 0 saturated carbocycles. The summed E-state index contributed by atoms with van der Waals surface area (Å²) in [5, 5.41) is 0. The van der Waals surface area contributed by atoms with Gasteiger partial charge in [0.2, 0.25) is 0 Å². The third-order valence-corrected chi connectivity index (χ3v) is 1.58. The van der Waals surface area contributed by atoms with Crippen LogP contribution in [-0.4, -0.2) is 39.5 Å². The van der Waals surface area contributed by atoms with Gasteiger partial charge in [0, 0.05) is 20.6 Å². The Morgan fingerprint density at radius 3 is 2.08 bits per heavy atom. The van der Waals surface area contributed by atoms with Gasteiger partial charge >= 0.3 is 5.97 Å². The molecular formula is C9H18O4. The van der Waals surface area contributed by atoms with Crippen LogP contribution in [0.1, 0.15) is 19.8 Å². The molecule has 13 heavy (non-hydrogen) atoms. The van der Waals surface area contributed by atoms with Gasteiger partial charge in [-0.15, -0.1) is 0 Å². The van der Waals surface area contributed by atoms with Crippen LogP contribution < -0.4 is 0 Å². The van der Waals surface area contributed by atoms with Gasteiger partial charge in [-0.2, -0.15) is 0 Å². The van der Waals surface area contributed by atoms with Gasteiger partial charge in [-0.1, -0.05) is 0 Å². The molecule has 1 rings (SSSR count). The standard InChI is InChI=1S/C5H8O2.C4H10O2/c1-4-2-3-5(6)7-4;1-5-3-4-6-2/h4H,2-3H2,1H3;3-4H2,1-2H3. The third kappa shape index (κ3) is 7.74. The average Bonchev–Trinajstić information content (AvgIpc) is 2.47. The molecule has 0 bridgehead atoms. The lowest BCUT2D eigenvalue weighted by Gasteiger charge is -1.95. The first kappa shape index (κ1) is 12.4. The van der Waals surface area contributed by atoms with Crippen molar-refractivity contribution in [3.63, 3.8) is 0 Å². The van der Waals surface area contributed by atoms with E-state index in [9.17, 15) is 4.79 Å². The molecule has 1 aliphatic heterocycles. The monoisotopic (exact) mass is 190 g/mol. The summed E-state index contributed by atoms with van der Waals surface area (Å²) in [6.45, 7) is 3.29. The topological polar surface area (TPSA) is 44.8 Å². The lowest BCUT2D eigenvalue weighted by molar-refractivity contribution is -0.140. The van der Waals surface area contributed by atoms with Gasteiger partial charge in [0.15, 0.2) is 0 Å². The largest absolute Gasteiger partial charge is 0.463 e. The van der Waals surface area contributed by atoms with Crippen molar-refractivity contribution in [2.45, 2.75) is 25.9 Å². The quantitative estimate of drug-likeness (QED) is 0.492. The molecule has 0 aromatic carbocycles. The summed E-state index contributed by atoms with van der Waals surface area (Å²) < 4.78 is 14.0. The Hall–Kier alpha value is -0.610. The third-order valence-electron chi connectivity index (χ3n) is 1.58. The highest BCUT2D eigenvalue weighted by Gasteiger charge is 2.17. The van der Waals surface area contributed by atoms with Crippen molar-refractivity contribution < 1.29 is 19.0 Å². The summed E-state index contributed by atoms with van der Waals surface area (Å²) in [4.78, 5) is 10.2. The summed E-state index contributed by atoms with van der Waals surface area (Å²) >= 11 is 0. The first-order chi connectivity index (χ1) is 6.20.